The Morgan fingerprint density at radius 3 is 1.15 bits per heavy atom. The van der Waals surface area contributed by atoms with Crippen molar-refractivity contribution >= 4 is 11.9 Å². The molecule has 0 aliphatic heterocycles. The van der Waals surface area contributed by atoms with E-state index in [4.69, 9.17) is 9.47 Å². The van der Waals surface area contributed by atoms with Crippen molar-refractivity contribution in [2.75, 3.05) is 13.2 Å². The molecule has 0 aromatic heterocycles. The lowest BCUT2D eigenvalue weighted by molar-refractivity contribution is 0.104. The van der Waals surface area contributed by atoms with Gasteiger partial charge in [-0.3, -0.25) is 4.79 Å². The number of hydrogen-bond acceptors (Lipinski definition) is 3. The molecule has 0 N–H and O–H groups in total. The molecular weight excluding hydrogens is 564 g/mol. The van der Waals surface area contributed by atoms with Gasteiger partial charge in [-0.25, -0.2) is 0 Å². The van der Waals surface area contributed by atoms with E-state index in [2.05, 4.69) is 13.8 Å². The third-order valence-electron chi connectivity index (χ3n) is 8.98. The Hall–Kier alpha value is -2.55. The average Bonchev–Trinajstić information content (AvgIpc) is 3.08. The van der Waals surface area contributed by atoms with Gasteiger partial charge in [0.1, 0.15) is 11.5 Å². The van der Waals surface area contributed by atoms with Gasteiger partial charge in [-0.15, -0.1) is 0 Å². The largest absolute Gasteiger partial charge is 0.494 e. The summed E-state index contributed by atoms with van der Waals surface area (Å²) in [5.74, 6) is 1.73. The second kappa shape index (κ2) is 28.7. The second-order valence-corrected chi connectivity index (χ2v) is 13.3. The van der Waals surface area contributed by atoms with Crippen LogP contribution in [0.5, 0.6) is 11.5 Å². The van der Waals surface area contributed by atoms with E-state index in [0.717, 1.165) is 43.1 Å². The molecule has 2 aromatic carbocycles. The molecule has 0 heterocycles. The molecule has 3 nitrogen and oxygen atoms in total. The van der Waals surface area contributed by atoms with Gasteiger partial charge in [0.15, 0.2) is 5.78 Å². The SMILES string of the molecule is CCCCCCCCCCCCCCCCCCOc1ccc(/C=C/C(=O)c2ccc(OCCCCCCCCCC)cc2)cc1. The van der Waals surface area contributed by atoms with Gasteiger partial charge in [0.05, 0.1) is 13.2 Å². The lowest BCUT2D eigenvalue weighted by Gasteiger charge is -2.07. The van der Waals surface area contributed by atoms with Crippen molar-refractivity contribution in [3.8, 4) is 11.5 Å². The molecule has 0 aliphatic rings. The number of benzene rings is 2. The highest BCUT2D eigenvalue weighted by atomic mass is 16.5. The predicted octanol–water partition coefficient (Wildman–Crippen LogP) is 13.7. The number of carbonyl (C=O) groups is 1. The Balaban J connectivity index is 1.46. The van der Waals surface area contributed by atoms with Crippen LogP contribution in [0, 0.1) is 0 Å². The summed E-state index contributed by atoms with van der Waals surface area (Å²) in [6, 6.07) is 15.5. The molecule has 0 unspecified atom stereocenters. The molecule has 258 valence electrons. The molecule has 0 aliphatic carbocycles. The molecule has 0 radical (unpaired) electrons. The first-order valence-corrected chi connectivity index (χ1v) is 19.4. The molecule has 0 saturated carbocycles. The number of rotatable bonds is 31. The second-order valence-electron chi connectivity index (χ2n) is 13.3. The highest BCUT2D eigenvalue weighted by Gasteiger charge is 2.03. The number of carbonyl (C=O) groups excluding carboxylic acids is 1. The van der Waals surface area contributed by atoms with Gasteiger partial charge in [-0.2, -0.15) is 0 Å². The maximum Gasteiger partial charge on any atom is 0.185 e. The van der Waals surface area contributed by atoms with E-state index in [1.165, 1.54) is 141 Å². The van der Waals surface area contributed by atoms with Crippen LogP contribution in [0.3, 0.4) is 0 Å². The maximum absolute atomic E-state index is 12.7. The number of hydrogen-bond donors (Lipinski definition) is 0. The molecule has 46 heavy (non-hydrogen) atoms. The van der Waals surface area contributed by atoms with Gasteiger partial charge in [-0.05, 0) is 60.9 Å². The quantitative estimate of drug-likeness (QED) is 0.0471. The Morgan fingerprint density at radius 1 is 0.457 bits per heavy atom. The van der Waals surface area contributed by atoms with E-state index in [-0.39, 0.29) is 5.78 Å². The minimum atomic E-state index is -0.00144. The van der Waals surface area contributed by atoms with Crippen LogP contribution in [0.2, 0.25) is 0 Å². The molecule has 2 rings (SSSR count). The summed E-state index contributed by atoms with van der Waals surface area (Å²) in [4.78, 5) is 12.7. The van der Waals surface area contributed by atoms with Crippen molar-refractivity contribution in [2.45, 2.75) is 168 Å². The van der Waals surface area contributed by atoms with Crippen LogP contribution in [-0.2, 0) is 0 Å². The van der Waals surface area contributed by atoms with Gasteiger partial charge in [0.25, 0.3) is 0 Å². The zero-order valence-corrected chi connectivity index (χ0v) is 29.9. The lowest BCUT2D eigenvalue weighted by Crippen LogP contribution is -1.99. The van der Waals surface area contributed by atoms with Crippen molar-refractivity contribution in [1.82, 2.24) is 0 Å². The minimum absolute atomic E-state index is 0.00144. The summed E-state index contributed by atoms with van der Waals surface area (Å²) < 4.78 is 11.8. The van der Waals surface area contributed by atoms with Crippen LogP contribution in [0.4, 0.5) is 0 Å². The Kier molecular flexibility index (Phi) is 24.7. The van der Waals surface area contributed by atoms with Crippen LogP contribution in [0.15, 0.2) is 54.6 Å². The fraction of sp³-hybridized carbons (Fsp3) is 0.651. The van der Waals surface area contributed by atoms with Crippen molar-refractivity contribution < 1.29 is 14.3 Å². The van der Waals surface area contributed by atoms with E-state index in [1.807, 2.05) is 54.6 Å². The fourth-order valence-electron chi connectivity index (χ4n) is 5.92. The van der Waals surface area contributed by atoms with E-state index >= 15 is 0 Å². The topological polar surface area (TPSA) is 35.5 Å². The van der Waals surface area contributed by atoms with Gasteiger partial charge in [0, 0.05) is 5.56 Å². The van der Waals surface area contributed by atoms with Crippen LogP contribution in [0.1, 0.15) is 184 Å². The van der Waals surface area contributed by atoms with Crippen LogP contribution >= 0.6 is 0 Å². The van der Waals surface area contributed by atoms with Crippen LogP contribution in [0.25, 0.3) is 6.08 Å². The minimum Gasteiger partial charge on any atom is -0.494 e. The monoisotopic (exact) mass is 633 g/mol. The Labute approximate surface area is 284 Å². The smallest absolute Gasteiger partial charge is 0.185 e. The highest BCUT2D eigenvalue weighted by molar-refractivity contribution is 6.06. The normalized spacial score (nSPS) is 11.3. The van der Waals surface area contributed by atoms with Gasteiger partial charge in [-0.1, -0.05) is 173 Å². The third-order valence-corrected chi connectivity index (χ3v) is 8.98. The first-order chi connectivity index (χ1) is 22.7. The molecule has 0 spiro atoms. The number of ketones is 1. The fourth-order valence-corrected chi connectivity index (χ4v) is 5.92. The molecule has 0 bridgehead atoms. The summed E-state index contributed by atoms with van der Waals surface area (Å²) in [5.41, 5.74) is 1.67. The standard InChI is InChI=1S/C43H68O3/c1-3-5-7-9-11-13-14-15-16-17-18-19-20-22-24-25-37-45-41-32-27-39(28-33-41)29-36-43(44)40-30-34-42(35-31-40)46-38-26-23-21-12-10-8-6-4-2/h27-36H,3-26,37-38H2,1-2H3/b36-29+. The molecule has 2 aromatic rings. The summed E-state index contributed by atoms with van der Waals surface area (Å²) in [6.07, 6.45) is 35.9. The van der Waals surface area contributed by atoms with E-state index in [0.29, 0.717) is 5.56 Å². The Morgan fingerprint density at radius 2 is 0.783 bits per heavy atom. The number of allylic oxidation sites excluding steroid dienone is 1. The molecule has 0 fully saturated rings. The molecule has 3 heteroatoms. The van der Waals surface area contributed by atoms with Crippen molar-refractivity contribution in [3.63, 3.8) is 0 Å². The zero-order valence-electron chi connectivity index (χ0n) is 29.9. The van der Waals surface area contributed by atoms with Gasteiger partial charge < -0.3 is 9.47 Å². The van der Waals surface area contributed by atoms with E-state index in [9.17, 15) is 4.79 Å². The summed E-state index contributed by atoms with van der Waals surface area (Å²) in [5, 5.41) is 0. The van der Waals surface area contributed by atoms with Crippen LogP contribution in [-0.4, -0.2) is 19.0 Å². The first kappa shape index (κ1) is 39.6. The molecule has 0 amide bonds. The van der Waals surface area contributed by atoms with Crippen molar-refractivity contribution in [1.29, 1.82) is 0 Å². The van der Waals surface area contributed by atoms with E-state index in [1.54, 1.807) is 6.08 Å². The predicted molar refractivity (Wildman–Crippen MR) is 199 cm³/mol. The van der Waals surface area contributed by atoms with Crippen LogP contribution < -0.4 is 9.47 Å². The van der Waals surface area contributed by atoms with Crippen molar-refractivity contribution in [2.24, 2.45) is 0 Å². The van der Waals surface area contributed by atoms with E-state index < -0.39 is 0 Å². The number of ether oxygens (including phenoxy) is 2. The maximum atomic E-state index is 12.7. The third kappa shape index (κ3) is 21.3. The zero-order chi connectivity index (χ0) is 32.8. The lowest BCUT2D eigenvalue weighted by atomic mass is 10.0. The molecule has 0 atom stereocenters. The van der Waals surface area contributed by atoms with Crippen molar-refractivity contribution in [3.05, 3.63) is 65.7 Å². The molecule has 0 saturated heterocycles. The molecular formula is C43H68O3. The summed E-state index contributed by atoms with van der Waals surface area (Å²) >= 11 is 0. The number of unbranched alkanes of at least 4 members (excludes halogenated alkanes) is 22. The summed E-state index contributed by atoms with van der Waals surface area (Å²) in [6.45, 7) is 6.05. The summed E-state index contributed by atoms with van der Waals surface area (Å²) in [7, 11) is 0. The average molecular weight is 633 g/mol. The first-order valence-electron chi connectivity index (χ1n) is 19.4. The highest BCUT2D eigenvalue weighted by Crippen LogP contribution is 2.18. The Bertz CT molecular complexity index is 992. The van der Waals surface area contributed by atoms with Gasteiger partial charge >= 0.3 is 0 Å². The van der Waals surface area contributed by atoms with Gasteiger partial charge in [0.2, 0.25) is 0 Å².